The molecule has 4 rings (SSSR count). The van der Waals surface area contributed by atoms with Crippen LogP contribution < -0.4 is 4.90 Å². The summed E-state index contributed by atoms with van der Waals surface area (Å²) in [5.41, 5.74) is 2.14. The topological polar surface area (TPSA) is 49.3 Å². The van der Waals surface area contributed by atoms with E-state index in [1.165, 1.54) is 0 Å². The summed E-state index contributed by atoms with van der Waals surface area (Å²) >= 11 is 0. The van der Waals surface area contributed by atoms with Gasteiger partial charge in [-0.15, -0.1) is 0 Å². The van der Waals surface area contributed by atoms with E-state index in [1.807, 2.05) is 30.6 Å². The summed E-state index contributed by atoms with van der Waals surface area (Å²) in [6.07, 6.45) is 8.02. The van der Waals surface area contributed by atoms with Crippen molar-refractivity contribution in [2.45, 2.75) is 32.6 Å². The minimum absolute atomic E-state index is 0.0737. The highest BCUT2D eigenvalue weighted by Crippen LogP contribution is 2.25. The Kier molecular flexibility index (Phi) is 5.37. The number of rotatable bonds is 3. The lowest BCUT2D eigenvalue weighted by Crippen LogP contribution is -2.47. The fourth-order valence-electron chi connectivity index (χ4n) is 4.11. The second kappa shape index (κ2) is 8.07. The van der Waals surface area contributed by atoms with E-state index in [2.05, 4.69) is 38.8 Å². The second-order valence-electron chi connectivity index (χ2n) is 7.93. The molecule has 0 spiro atoms. The number of nitrogens with zero attached hydrogens (tertiary/aromatic N) is 4. The van der Waals surface area contributed by atoms with Gasteiger partial charge in [-0.3, -0.25) is 4.79 Å². The highest BCUT2D eigenvalue weighted by molar-refractivity contribution is 5.79. The van der Waals surface area contributed by atoms with Gasteiger partial charge in [0.05, 0.1) is 5.92 Å². The summed E-state index contributed by atoms with van der Waals surface area (Å²) in [5, 5.41) is 0. The molecule has 2 aliphatic heterocycles. The Morgan fingerprint density at radius 3 is 2.37 bits per heavy atom. The van der Waals surface area contributed by atoms with Crippen molar-refractivity contribution < 1.29 is 4.79 Å². The van der Waals surface area contributed by atoms with E-state index in [1.54, 1.807) is 0 Å². The number of amides is 1. The number of anilines is 1. The van der Waals surface area contributed by atoms with Crippen LogP contribution in [0.5, 0.6) is 0 Å². The largest absolute Gasteiger partial charge is 0.342 e. The lowest BCUT2D eigenvalue weighted by atomic mass is 9.93. The van der Waals surface area contributed by atoms with E-state index < -0.39 is 0 Å². The average molecular weight is 364 g/mol. The van der Waals surface area contributed by atoms with Gasteiger partial charge in [0.15, 0.2) is 0 Å². The smallest absolute Gasteiger partial charge is 0.227 e. The summed E-state index contributed by atoms with van der Waals surface area (Å²) in [5.74, 6) is 1.88. The summed E-state index contributed by atoms with van der Waals surface area (Å²) in [4.78, 5) is 26.4. The number of hydrogen-bond acceptors (Lipinski definition) is 4. The minimum Gasteiger partial charge on any atom is -0.342 e. The molecule has 2 fully saturated rings. The monoisotopic (exact) mass is 364 g/mol. The first-order valence-electron chi connectivity index (χ1n) is 10.1. The van der Waals surface area contributed by atoms with Crippen molar-refractivity contribution in [3.63, 3.8) is 0 Å². The van der Waals surface area contributed by atoms with Gasteiger partial charge in [0.2, 0.25) is 11.9 Å². The van der Waals surface area contributed by atoms with E-state index in [4.69, 9.17) is 0 Å². The fourth-order valence-corrected chi connectivity index (χ4v) is 4.11. The molecular weight excluding hydrogens is 336 g/mol. The maximum atomic E-state index is 12.9. The molecule has 27 heavy (non-hydrogen) atoms. The molecule has 0 bridgehead atoms. The molecule has 5 heteroatoms. The Balaban J connectivity index is 1.41. The number of aromatic nitrogens is 2. The zero-order valence-electron chi connectivity index (χ0n) is 16.1. The summed E-state index contributed by atoms with van der Waals surface area (Å²) in [6, 6.07) is 10.2. The van der Waals surface area contributed by atoms with Crippen molar-refractivity contribution in [2.75, 3.05) is 31.1 Å². The Morgan fingerprint density at radius 2 is 1.67 bits per heavy atom. The predicted molar refractivity (Wildman–Crippen MR) is 107 cm³/mol. The SMILES string of the molecule is CC1CCN(C(=O)C2CCCN(c3ncc(-c4ccccc4)cn3)C2)CC1. The molecule has 1 amide bonds. The van der Waals surface area contributed by atoms with Crippen LogP contribution in [0.15, 0.2) is 42.7 Å². The molecule has 1 unspecified atom stereocenters. The van der Waals surface area contributed by atoms with Crippen LogP contribution in [0.25, 0.3) is 11.1 Å². The Bertz CT molecular complexity index is 754. The Morgan fingerprint density at radius 1 is 0.963 bits per heavy atom. The standard InChI is InChI=1S/C22H28N4O/c1-17-9-12-25(13-10-17)21(27)19-8-5-11-26(16-19)22-23-14-20(15-24-22)18-6-3-2-4-7-18/h2-4,6-7,14-15,17,19H,5,8-13,16H2,1H3. The van der Waals surface area contributed by atoms with Crippen LogP contribution >= 0.6 is 0 Å². The highest BCUT2D eigenvalue weighted by atomic mass is 16.2. The number of hydrogen-bond donors (Lipinski definition) is 0. The van der Waals surface area contributed by atoms with Gasteiger partial charge in [-0.25, -0.2) is 9.97 Å². The number of benzene rings is 1. The quantitative estimate of drug-likeness (QED) is 0.835. The highest BCUT2D eigenvalue weighted by Gasteiger charge is 2.31. The normalized spacial score (nSPS) is 21.3. The van der Waals surface area contributed by atoms with Gasteiger partial charge in [0.25, 0.3) is 0 Å². The van der Waals surface area contributed by atoms with Crippen LogP contribution in [-0.2, 0) is 4.79 Å². The van der Waals surface area contributed by atoms with Gasteiger partial charge >= 0.3 is 0 Å². The molecule has 1 aromatic carbocycles. The molecule has 2 saturated heterocycles. The van der Waals surface area contributed by atoms with Crippen LogP contribution in [-0.4, -0.2) is 47.0 Å². The van der Waals surface area contributed by atoms with Gasteiger partial charge in [0.1, 0.15) is 0 Å². The molecule has 0 N–H and O–H groups in total. The predicted octanol–water partition coefficient (Wildman–Crippen LogP) is 3.62. The summed E-state index contributed by atoms with van der Waals surface area (Å²) < 4.78 is 0. The third-order valence-corrected chi connectivity index (χ3v) is 5.89. The minimum atomic E-state index is 0.0737. The molecule has 2 aromatic rings. The average Bonchev–Trinajstić information content (AvgIpc) is 2.75. The molecule has 2 aliphatic rings. The molecule has 3 heterocycles. The van der Waals surface area contributed by atoms with E-state index in [9.17, 15) is 4.79 Å². The van der Waals surface area contributed by atoms with Gasteiger partial charge in [-0.2, -0.15) is 0 Å². The van der Waals surface area contributed by atoms with Crippen molar-refractivity contribution in [1.29, 1.82) is 0 Å². The maximum Gasteiger partial charge on any atom is 0.227 e. The van der Waals surface area contributed by atoms with Gasteiger partial charge < -0.3 is 9.80 Å². The molecule has 0 radical (unpaired) electrons. The molecule has 5 nitrogen and oxygen atoms in total. The first-order chi connectivity index (χ1) is 13.2. The number of carbonyl (C=O) groups excluding carboxylic acids is 1. The Labute approximate surface area is 161 Å². The van der Waals surface area contributed by atoms with Crippen LogP contribution in [0.2, 0.25) is 0 Å². The van der Waals surface area contributed by atoms with Crippen molar-refractivity contribution in [2.24, 2.45) is 11.8 Å². The van der Waals surface area contributed by atoms with Crippen molar-refractivity contribution in [1.82, 2.24) is 14.9 Å². The first kappa shape index (κ1) is 18.0. The van der Waals surface area contributed by atoms with Crippen molar-refractivity contribution >= 4 is 11.9 Å². The maximum absolute atomic E-state index is 12.9. The summed E-state index contributed by atoms with van der Waals surface area (Å²) in [7, 11) is 0. The van der Waals surface area contributed by atoms with Crippen LogP contribution in [0.4, 0.5) is 5.95 Å². The lowest BCUT2D eigenvalue weighted by Gasteiger charge is -2.37. The molecule has 0 saturated carbocycles. The third-order valence-electron chi connectivity index (χ3n) is 5.89. The number of carbonyl (C=O) groups is 1. The molecule has 1 atom stereocenters. The van der Waals surface area contributed by atoms with Crippen LogP contribution in [0.3, 0.4) is 0 Å². The first-order valence-corrected chi connectivity index (χ1v) is 10.1. The second-order valence-corrected chi connectivity index (χ2v) is 7.93. The third kappa shape index (κ3) is 4.12. The lowest BCUT2D eigenvalue weighted by molar-refractivity contribution is -0.137. The van der Waals surface area contributed by atoms with Gasteiger partial charge in [0, 0.05) is 44.1 Å². The molecule has 1 aromatic heterocycles. The van der Waals surface area contributed by atoms with E-state index in [0.717, 1.165) is 74.9 Å². The van der Waals surface area contributed by atoms with Gasteiger partial charge in [-0.05, 0) is 37.2 Å². The number of likely N-dealkylation sites (tertiary alicyclic amines) is 1. The van der Waals surface area contributed by atoms with Gasteiger partial charge in [-0.1, -0.05) is 37.3 Å². The fraction of sp³-hybridized carbons (Fsp3) is 0.500. The van der Waals surface area contributed by atoms with E-state index in [-0.39, 0.29) is 5.92 Å². The van der Waals surface area contributed by atoms with E-state index in [0.29, 0.717) is 5.91 Å². The molecule has 0 aliphatic carbocycles. The van der Waals surface area contributed by atoms with Crippen LogP contribution in [0.1, 0.15) is 32.6 Å². The molecule has 142 valence electrons. The Hall–Kier alpha value is -2.43. The zero-order chi connectivity index (χ0) is 18.6. The van der Waals surface area contributed by atoms with Crippen molar-refractivity contribution in [3.05, 3.63) is 42.7 Å². The zero-order valence-corrected chi connectivity index (χ0v) is 16.1. The molecular formula is C22H28N4O. The summed E-state index contributed by atoms with van der Waals surface area (Å²) in [6.45, 7) is 5.76. The number of piperidine rings is 2. The van der Waals surface area contributed by atoms with Crippen molar-refractivity contribution in [3.8, 4) is 11.1 Å². The van der Waals surface area contributed by atoms with Crippen LogP contribution in [0, 0.1) is 11.8 Å². The van der Waals surface area contributed by atoms with E-state index >= 15 is 0 Å².